The first-order valence-corrected chi connectivity index (χ1v) is 15.0. The first-order valence-electron chi connectivity index (χ1n) is 15.0. The van der Waals surface area contributed by atoms with E-state index in [9.17, 15) is 9.59 Å². The molecule has 2 aromatic heterocycles. The van der Waals surface area contributed by atoms with E-state index in [4.69, 9.17) is 9.47 Å². The molecule has 238 valence electrons. The highest BCUT2D eigenvalue weighted by Gasteiger charge is 2.24. The number of hydrogen-bond acceptors (Lipinski definition) is 10. The van der Waals surface area contributed by atoms with Crippen LogP contribution in [0.25, 0.3) is 10.9 Å². The lowest BCUT2D eigenvalue weighted by Gasteiger charge is -2.32. The number of halogens is 1. The minimum absolute atomic E-state index is 0.0200. The third-order valence-corrected chi connectivity index (χ3v) is 8.22. The lowest BCUT2D eigenvalue weighted by molar-refractivity contribution is -0.129. The molecule has 6 rings (SSSR count). The van der Waals surface area contributed by atoms with Crippen molar-refractivity contribution in [2.75, 3.05) is 62.4 Å². The van der Waals surface area contributed by atoms with Gasteiger partial charge in [-0.1, -0.05) is 6.58 Å². The van der Waals surface area contributed by atoms with Gasteiger partial charge >= 0.3 is 0 Å². The van der Waals surface area contributed by atoms with Crippen LogP contribution in [-0.4, -0.2) is 89.5 Å². The fourth-order valence-corrected chi connectivity index (χ4v) is 5.57. The second kappa shape index (κ2) is 13.3. The molecule has 4 aromatic rings. The van der Waals surface area contributed by atoms with E-state index < -0.39 is 5.82 Å². The number of likely N-dealkylation sites (N-methyl/N-ethyl adjacent to an activating group) is 1. The van der Waals surface area contributed by atoms with E-state index in [0.717, 1.165) is 18.5 Å². The summed E-state index contributed by atoms with van der Waals surface area (Å²) < 4.78 is 27.0. The smallest absolute Gasteiger partial charge is 0.245 e. The van der Waals surface area contributed by atoms with E-state index >= 15 is 4.39 Å². The third kappa shape index (κ3) is 6.63. The zero-order chi connectivity index (χ0) is 32.2. The van der Waals surface area contributed by atoms with Crippen molar-refractivity contribution in [1.29, 1.82) is 0 Å². The minimum Gasteiger partial charge on any atom is -0.495 e. The van der Waals surface area contributed by atoms with Crippen molar-refractivity contribution >= 4 is 45.7 Å². The Labute approximate surface area is 265 Å². The van der Waals surface area contributed by atoms with Crippen LogP contribution in [0.3, 0.4) is 0 Å². The molecule has 0 radical (unpaired) electrons. The molecule has 13 heteroatoms. The summed E-state index contributed by atoms with van der Waals surface area (Å²) in [5.41, 5.74) is 1.59. The molecule has 0 aliphatic carbocycles. The van der Waals surface area contributed by atoms with Crippen molar-refractivity contribution in [1.82, 2.24) is 24.8 Å². The maximum Gasteiger partial charge on any atom is 0.245 e. The normalized spacial score (nSPS) is 15.5. The molecule has 46 heavy (non-hydrogen) atoms. The zero-order valence-electron chi connectivity index (χ0n) is 25.7. The molecule has 0 spiro atoms. The summed E-state index contributed by atoms with van der Waals surface area (Å²) in [7, 11) is 3.37. The van der Waals surface area contributed by atoms with Crippen molar-refractivity contribution in [2.45, 2.75) is 18.9 Å². The molecule has 0 saturated carbocycles. The molecule has 0 unspecified atom stereocenters. The Morgan fingerprint density at radius 1 is 1.02 bits per heavy atom. The van der Waals surface area contributed by atoms with Gasteiger partial charge in [0.2, 0.25) is 11.8 Å². The van der Waals surface area contributed by atoms with Gasteiger partial charge in [0.25, 0.3) is 0 Å². The second-order valence-corrected chi connectivity index (χ2v) is 11.2. The maximum atomic E-state index is 15.4. The van der Waals surface area contributed by atoms with E-state index in [1.165, 1.54) is 18.5 Å². The highest BCUT2D eigenvalue weighted by Crippen LogP contribution is 2.35. The quantitative estimate of drug-likeness (QED) is 0.255. The van der Waals surface area contributed by atoms with Gasteiger partial charge in [0.05, 0.1) is 30.5 Å². The number of carbonyl (C=O) groups is 2. The molecule has 0 atom stereocenters. The predicted molar refractivity (Wildman–Crippen MR) is 173 cm³/mol. The number of amides is 2. The maximum absolute atomic E-state index is 15.4. The van der Waals surface area contributed by atoms with Crippen LogP contribution in [0.1, 0.15) is 12.8 Å². The topological polar surface area (TPSA) is 125 Å². The van der Waals surface area contributed by atoms with Crippen LogP contribution >= 0.6 is 0 Å². The van der Waals surface area contributed by atoms with Crippen LogP contribution < -0.4 is 25.0 Å². The average Bonchev–Trinajstić information content (AvgIpc) is 3.07. The number of ether oxygens (including phenoxy) is 2. The second-order valence-electron chi connectivity index (χ2n) is 11.2. The van der Waals surface area contributed by atoms with Crippen LogP contribution in [0.5, 0.6) is 17.2 Å². The van der Waals surface area contributed by atoms with Crippen molar-refractivity contribution in [2.24, 2.45) is 0 Å². The molecule has 4 heterocycles. The van der Waals surface area contributed by atoms with Gasteiger partial charge in [-0.25, -0.2) is 19.3 Å². The standard InChI is InChI=1S/C33H35FN8O4/c1-4-31(43)41-11-8-21(9-12-41)38-28-17-24-27(18-29(28)45-3)36-20-37-33(24)39-26-6-5-22(15-25(26)34)46-23-7-10-35-30(16-23)42-14-13-40(2)32(44)19-42/h4-7,10,15-18,20-21,38H,1,8-9,11-14,19H2,2-3H3,(H,36,37,39). The van der Waals surface area contributed by atoms with Gasteiger partial charge in [0.15, 0.2) is 0 Å². The highest BCUT2D eigenvalue weighted by atomic mass is 19.1. The Kier molecular flexibility index (Phi) is 8.81. The van der Waals surface area contributed by atoms with Gasteiger partial charge in [-0.15, -0.1) is 0 Å². The SMILES string of the molecule is C=CC(=O)N1CCC(Nc2cc3c(Nc4ccc(Oc5ccnc(N6CCN(C)C(=O)C6)c5)cc4F)ncnc3cc2OC)CC1. The van der Waals surface area contributed by atoms with E-state index in [1.54, 1.807) is 54.4 Å². The third-order valence-electron chi connectivity index (χ3n) is 8.22. The number of fused-ring (bicyclic) bond motifs is 1. The number of hydrogen-bond donors (Lipinski definition) is 2. The molecular formula is C33H35FN8O4. The number of carbonyl (C=O) groups excluding carboxylic acids is 2. The Bertz CT molecular complexity index is 1780. The first-order chi connectivity index (χ1) is 22.3. The molecule has 0 bridgehead atoms. The Morgan fingerprint density at radius 2 is 1.83 bits per heavy atom. The monoisotopic (exact) mass is 626 g/mol. The number of likely N-dealkylation sites (tertiary alicyclic amines) is 1. The number of piperazine rings is 1. The van der Waals surface area contributed by atoms with Crippen molar-refractivity contribution in [3.8, 4) is 17.2 Å². The highest BCUT2D eigenvalue weighted by molar-refractivity contribution is 5.95. The number of nitrogens with one attached hydrogen (secondary N) is 2. The van der Waals surface area contributed by atoms with Crippen LogP contribution in [0.4, 0.5) is 27.4 Å². The minimum atomic E-state index is -0.532. The van der Waals surface area contributed by atoms with Crippen LogP contribution in [0.2, 0.25) is 0 Å². The Morgan fingerprint density at radius 3 is 2.57 bits per heavy atom. The van der Waals surface area contributed by atoms with E-state index in [2.05, 4.69) is 32.2 Å². The van der Waals surface area contributed by atoms with Crippen molar-refractivity contribution < 1.29 is 23.5 Å². The molecule has 2 aromatic carbocycles. The molecular weight excluding hydrogens is 591 g/mol. The molecule has 2 aliphatic rings. The van der Waals surface area contributed by atoms with Gasteiger partial charge in [-0.3, -0.25) is 9.59 Å². The van der Waals surface area contributed by atoms with E-state index in [0.29, 0.717) is 66.0 Å². The number of rotatable bonds is 9. The first kappa shape index (κ1) is 30.6. The van der Waals surface area contributed by atoms with Crippen molar-refractivity contribution in [3.63, 3.8) is 0 Å². The molecule has 2 N–H and O–H groups in total. The number of nitrogens with zero attached hydrogens (tertiary/aromatic N) is 6. The number of aromatic nitrogens is 3. The molecule has 2 saturated heterocycles. The lowest BCUT2D eigenvalue weighted by atomic mass is 10.0. The largest absolute Gasteiger partial charge is 0.495 e. The predicted octanol–water partition coefficient (Wildman–Crippen LogP) is 4.58. The van der Waals surface area contributed by atoms with Gasteiger partial charge < -0.3 is 34.8 Å². The average molecular weight is 627 g/mol. The van der Waals surface area contributed by atoms with E-state index in [1.807, 2.05) is 17.0 Å². The zero-order valence-corrected chi connectivity index (χ0v) is 25.7. The fourth-order valence-electron chi connectivity index (χ4n) is 5.57. The van der Waals surface area contributed by atoms with Gasteiger partial charge in [-0.2, -0.15) is 0 Å². The number of benzene rings is 2. The molecule has 2 aliphatic heterocycles. The number of pyridine rings is 1. The summed E-state index contributed by atoms with van der Waals surface area (Å²) in [6.45, 7) is 6.35. The van der Waals surface area contributed by atoms with Crippen LogP contribution in [-0.2, 0) is 9.59 Å². The number of piperidine rings is 1. The van der Waals surface area contributed by atoms with Crippen LogP contribution in [0.15, 0.2) is 67.6 Å². The lowest BCUT2D eigenvalue weighted by Crippen LogP contribution is -2.48. The van der Waals surface area contributed by atoms with Gasteiger partial charge in [0, 0.05) is 69.1 Å². The summed E-state index contributed by atoms with van der Waals surface area (Å²) in [4.78, 5) is 42.6. The summed E-state index contributed by atoms with van der Waals surface area (Å²) >= 11 is 0. The summed E-state index contributed by atoms with van der Waals surface area (Å²) in [6.07, 6.45) is 5.90. The van der Waals surface area contributed by atoms with E-state index in [-0.39, 0.29) is 30.1 Å². The fraction of sp³-hybridized carbons (Fsp3) is 0.303. The van der Waals surface area contributed by atoms with Gasteiger partial charge in [-0.05, 0) is 43.2 Å². The molecule has 2 fully saturated rings. The Hall–Kier alpha value is -5.46. The molecule has 12 nitrogen and oxygen atoms in total. The summed E-state index contributed by atoms with van der Waals surface area (Å²) in [6, 6.07) is 11.8. The summed E-state index contributed by atoms with van der Waals surface area (Å²) in [5.74, 6) is 1.87. The molecule has 2 amide bonds. The van der Waals surface area contributed by atoms with Crippen molar-refractivity contribution in [3.05, 3.63) is 73.5 Å². The van der Waals surface area contributed by atoms with Gasteiger partial charge in [0.1, 0.15) is 41.0 Å². The number of anilines is 4. The number of methoxy groups -OCH3 is 1. The summed E-state index contributed by atoms with van der Waals surface area (Å²) in [5, 5.41) is 7.32. The van der Waals surface area contributed by atoms with Crippen LogP contribution in [0, 0.1) is 5.82 Å². The Balaban J connectivity index is 1.17.